The van der Waals surface area contributed by atoms with Gasteiger partial charge in [-0.15, -0.1) is 0 Å². The minimum atomic E-state index is -0.674. The fourth-order valence-electron chi connectivity index (χ4n) is 2.42. The zero-order valence-electron chi connectivity index (χ0n) is 12.9. The molecule has 0 radical (unpaired) electrons. The number of halogens is 2. The largest absolute Gasteiger partial charge is 0.320 e. The van der Waals surface area contributed by atoms with Crippen molar-refractivity contribution < 1.29 is 9.18 Å². The number of amides is 1. The van der Waals surface area contributed by atoms with Gasteiger partial charge in [-0.3, -0.25) is 14.3 Å². The Morgan fingerprint density at radius 2 is 2.04 bits per heavy atom. The van der Waals surface area contributed by atoms with Gasteiger partial charge < -0.3 is 5.32 Å². The fourth-order valence-corrected chi connectivity index (χ4v) is 2.60. The third-order valence-corrected chi connectivity index (χ3v) is 4.16. The number of hydrogen-bond donors (Lipinski definition) is 1. The number of benzene rings is 2. The molecule has 0 aliphatic carbocycles. The maximum Gasteiger partial charge on any atom is 0.280 e. The maximum absolute atomic E-state index is 13.4. The Kier molecular flexibility index (Phi) is 4.07. The molecule has 1 N–H and O–H groups in total. The van der Waals surface area contributed by atoms with E-state index in [1.807, 2.05) is 0 Å². The summed E-state index contributed by atoms with van der Waals surface area (Å²) in [4.78, 5) is 24.9. The predicted molar refractivity (Wildman–Crippen MR) is 91.1 cm³/mol. The summed E-state index contributed by atoms with van der Waals surface area (Å²) in [6, 6.07) is 8.83. The predicted octanol–water partition coefficient (Wildman–Crippen LogP) is 3.29. The van der Waals surface area contributed by atoms with Crippen molar-refractivity contribution in [3.05, 3.63) is 68.7 Å². The van der Waals surface area contributed by atoms with Crippen molar-refractivity contribution in [1.82, 2.24) is 9.78 Å². The van der Waals surface area contributed by atoms with Crippen molar-refractivity contribution in [2.45, 2.75) is 6.92 Å². The molecule has 0 spiro atoms. The highest BCUT2D eigenvalue weighted by molar-refractivity contribution is 6.31. The number of nitrogens with one attached hydrogen (secondary N) is 1. The monoisotopic (exact) mass is 345 g/mol. The van der Waals surface area contributed by atoms with Crippen LogP contribution in [0.2, 0.25) is 5.02 Å². The third-order valence-electron chi connectivity index (χ3n) is 3.75. The van der Waals surface area contributed by atoms with Crippen LogP contribution in [0.1, 0.15) is 16.1 Å². The van der Waals surface area contributed by atoms with E-state index in [2.05, 4.69) is 10.4 Å². The minimum Gasteiger partial charge on any atom is -0.320 e. The van der Waals surface area contributed by atoms with Gasteiger partial charge in [-0.05, 0) is 42.8 Å². The summed E-state index contributed by atoms with van der Waals surface area (Å²) in [6.07, 6.45) is 0. The Balaban J connectivity index is 2.09. The molecule has 0 aliphatic rings. The van der Waals surface area contributed by atoms with Gasteiger partial charge in [0, 0.05) is 17.8 Å². The van der Waals surface area contributed by atoms with Gasteiger partial charge in [-0.1, -0.05) is 17.7 Å². The summed E-state index contributed by atoms with van der Waals surface area (Å²) in [5, 5.41) is 7.23. The van der Waals surface area contributed by atoms with E-state index in [0.717, 1.165) is 6.07 Å². The SMILES string of the molecule is Cc1c(Cl)cccc1NC(=O)c1nn(C)c2ccc(F)cc2c1=O. The summed E-state index contributed by atoms with van der Waals surface area (Å²) in [5.41, 5.74) is 0.665. The van der Waals surface area contributed by atoms with Gasteiger partial charge >= 0.3 is 0 Å². The van der Waals surface area contributed by atoms with Crippen LogP contribution in [0, 0.1) is 12.7 Å². The van der Waals surface area contributed by atoms with Crippen molar-refractivity contribution in [3.8, 4) is 0 Å². The molecule has 0 saturated carbocycles. The number of carbonyl (C=O) groups excluding carboxylic acids is 1. The van der Waals surface area contributed by atoms with Gasteiger partial charge in [-0.2, -0.15) is 5.10 Å². The molecule has 5 nitrogen and oxygen atoms in total. The van der Waals surface area contributed by atoms with Crippen LogP contribution in [0.4, 0.5) is 10.1 Å². The average molecular weight is 346 g/mol. The molecule has 0 atom stereocenters. The molecular formula is C17H13ClFN3O2. The van der Waals surface area contributed by atoms with Crippen molar-refractivity contribution in [3.63, 3.8) is 0 Å². The first kappa shape index (κ1) is 16.1. The number of aryl methyl sites for hydroxylation is 1. The van der Waals surface area contributed by atoms with Crippen molar-refractivity contribution in [2.75, 3.05) is 5.32 Å². The Hall–Kier alpha value is -2.73. The van der Waals surface area contributed by atoms with E-state index in [-0.39, 0.29) is 11.1 Å². The lowest BCUT2D eigenvalue weighted by atomic mass is 10.1. The summed E-state index contributed by atoms with van der Waals surface area (Å²) >= 11 is 6.02. The number of hydrogen-bond acceptors (Lipinski definition) is 3. The van der Waals surface area contributed by atoms with Crippen LogP contribution >= 0.6 is 11.6 Å². The third kappa shape index (κ3) is 2.76. The molecule has 1 amide bonds. The van der Waals surface area contributed by atoms with E-state index >= 15 is 0 Å². The van der Waals surface area contributed by atoms with Gasteiger partial charge in [0.05, 0.1) is 10.9 Å². The number of carbonyl (C=O) groups is 1. The van der Waals surface area contributed by atoms with E-state index in [1.54, 1.807) is 32.2 Å². The molecule has 0 saturated heterocycles. The van der Waals surface area contributed by atoms with Gasteiger partial charge in [0.15, 0.2) is 5.69 Å². The maximum atomic E-state index is 13.4. The van der Waals surface area contributed by atoms with Gasteiger partial charge in [0.25, 0.3) is 5.91 Å². The number of rotatable bonds is 2. The zero-order valence-corrected chi connectivity index (χ0v) is 13.7. The normalized spacial score (nSPS) is 10.8. The average Bonchev–Trinajstić information content (AvgIpc) is 2.55. The van der Waals surface area contributed by atoms with Crippen LogP contribution in [0.5, 0.6) is 0 Å². The van der Waals surface area contributed by atoms with E-state index in [9.17, 15) is 14.0 Å². The second-order valence-corrected chi connectivity index (χ2v) is 5.74. The highest BCUT2D eigenvalue weighted by atomic mass is 35.5. The molecule has 1 aromatic heterocycles. The standard InChI is InChI=1S/C17H13ClFN3O2/c1-9-12(18)4-3-5-13(9)20-17(24)15-16(23)11-8-10(19)6-7-14(11)22(2)21-15/h3-8H,1-2H3,(H,20,24). The van der Waals surface area contributed by atoms with Crippen LogP contribution in [0.3, 0.4) is 0 Å². The Bertz CT molecular complexity index is 1030. The lowest BCUT2D eigenvalue weighted by molar-refractivity contribution is 0.101. The summed E-state index contributed by atoms with van der Waals surface area (Å²) < 4.78 is 14.8. The second-order valence-electron chi connectivity index (χ2n) is 5.33. The lowest BCUT2D eigenvalue weighted by Gasteiger charge is -2.10. The quantitative estimate of drug-likeness (QED) is 0.775. The first-order valence-corrected chi connectivity index (χ1v) is 7.49. The molecule has 24 heavy (non-hydrogen) atoms. The first-order valence-electron chi connectivity index (χ1n) is 7.11. The second kappa shape index (κ2) is 6.05. The van der Waals surface area contributed by atoms with E-state index in [4.69, 9.17) is 11.6 Å². The molecule has 1 heterocycles. The van der Waals surface area contributed by atoms with Crippen LogP contribution in [-0.2, 0) is 7.05 Å². The summed E-state index contributed by atoms with van der Waals surface area (Å²) in [7, 11) is 1.58. The number of nitrogens with zero attached hydrogens (tertiary/aromatic N) is 2. The highest BCUT2D eigenvalue weighted by Crippen LogP contribution is 2.23. The topological polar surface area (TPSA) is 64.0 Å². The first-order chi connectivity index (χ1) is 11.4. The van der Waals surface area contributed by atoms with E-state index in [0.29, 0.717) is 21.8 Å². The number of anilines is 1. The molecule has 122 valence electrons. The van der Waals surface area contributed by atoms with Crippen LogP contribution < -0.4 is 10.7 Å². The van der Waals surface area contributed by atoms with Gasteiger partial charge in [-0.25, -0.2) is 4.39 Å². The highest BCUT2D eigenvalue weighted by Gasteiger charge is 2.18. The number of aromatic nitrogens is 2. The molecular weight excluding hydrogens is 333 g/mol. The lowest BCUT2D eigenvalue weighted by Crippen LogP contribution is -2.26. The Labute approximate surface area is 141 Å². The molecule has 7 heteroatoms. The van der Waals surface area contributed by atoms with Crippen molar-refractivity contribution in [2.24, 2.45) is 7.05 Å². The summed E-state index contributed by atoms with van der Waals surface area (Å²) in [5.74, 6) is -1.23. The number of fused-ring (bicyclic) bond motifs is 1. The Morgan fingerprint density at radius 3 is 2.79 bits per heavy atom. The summed E-state index contributed by atoms with van der Waals surface area (Å²) in [6.45, 7) is 1.75. The van der Waals surface area contributed by atoms with Gasteiger partial charge in [0.1, 0.15) is 5.82 Å². The van der Waals surface area contributed by atoms with Crippen molar-refractivity contribution in [1.29, 1.82) is 0 Å². The fraction of sp³-hybridized carbons (Fsp3) is 0.118. The van der Waals surface area contributed by atoms with Gasteiger partial charge in [0.2, 0.25) is 5.43 Å². The Morgan fingerprint density at radius 1 is 1.29 bits per heavy atom. The van der Waals surface area contributed by atoms with E-state index in [1.165, 1.54) is 16.8 Å². The molecule has 0 bridgehead atoms. The molecule has 0 fully saturated rings. The minimum absolute atomic E-state index is 0.0977. The van der Waals surface area contributed by atoms with E-state index < -0.39 is 17.2 Å². The molecule has 0 aliphatic heterocycles. The van der Waals surface area contributed by atoms with Crippen LogP contribution in [-0.4, -0.2) is 15.7 Å². The van der Waals surface area contributed by atoms with Crippen molar-refractivity contribution >= 4 is 34.1 Å². The molecule has 3 aromatic rings. The van der Waals surface area contributed by atoms with Crippen LogP contribution in [0.15, 0.2) is 41.2 Å². The molecule has 0 unspecified atom stereocenters. The molecule has 2 aromatic carbocycles. The zero-order chi connectivity index (χ0) is 17.4. The molecule has 3 rings (SSSR count). The van der Waals surface area contributed by atoms with Crippen LogP contribution in [0.25, 0.3) is 10.9 Å². The smallest absolute Gasteiger partial charge is 0.280 e.